The lowest BCUT2D eigenvalue weighted by Gasteiger charge is -2.14. The van der Waals surface area contributed by atoms with Crippen LogP contribution in [0.15, 0.2) is 53.4 Å². The Morgan fingerprint density at radius 2 is 1.38 bits per heavy atom. The molecule has 2 rings (SSSR count). The first kappa shape index (κ1) is 19.8. The summed E-state index contributed by atoms with van der Waals surface area (Å²) in [6, 6.07) is 9.81. The molecule has 1 atom stereocenters. The molecule has 0 spiro atoms. The summed E-state index contributed by atoms with van der Waals surface area (Å²) in [4.78, 5) is 10.3. The Hall–Kier alpha value is -2.56. The van der Waals surface area contributed by atoms with Crippen LogP contribution in [-0.4, -0.2) is 21.8 Å². The van der Waals surface area contributed by atoms with Gasteiger partial charge in [-0.15, -0.1) is 0 Å². The average molecular weight is 396 g/mol. The standard InChI is InChI=1S/C15H10F6N2O2S/c16-14(17,18)13(24)23-10-7-5-9(6-8-10)22-11-3-1-2-4-12(11)26(25)15(19,20)21/h1-8,22H,(H,23,24). The van der Waals surface area contributed by atoms with Crippen molar-refractivity contribution < 1.29 is 35.3 Å². The molecule has 0 heterocycles. The van der Waals surface area contributed by atoms with Gasteiger partial charge in [-0.2, -0.15) is 26.3 Å². The fraction of sp³-hybridized carbons (Fsp3) is 0.133. The summed E-state index contributed by atoms with van der Waals surface area (Å²) in [5, 5.41) is 4.24. The maximum atomic E-state index is 12.7. The number of amides is 1. The number of carbonyl (C=O) groups excluding carboxylic acids is 1. The van der Waals surface area contributed by atoms with Gasteiger partial charge in [-0.05, 0) is 36.4 Å². The molecule has 4 nitrogen and oxygen atoms in total. The van der Waals surface area contributed by atoms with Crippen LogP contribution in [0.2, 0.25) is 0 Å². The molecule has 0 fully saturated rings. The van der Waals surface area contributed by atoms with E-state index in [-0.39, 0.29) is 17.1 Å². The first-order valence-corrected chi connectivity index (χ1v) is 7.96. The monoisotopic (exact) mass is 396 g/mol. The quantitative estimate of drug-likeness (QED) is 0.745. The molecular formula is C15H10F6N2O2S. The Kier molecular flexibility index (Phi) is 5.59. The second-order valence-corrected chi connectivity index (χ2v) is 6.31. The van der Waals surface area contributed by atoms with Crippen molar-refractivity contribution in [1.82, 2.24) is 0 Å². The van der Waals surface area contributed by atoms with E-state index in [0.717, 1.165) is 18.2 Å². The summed E-state index contributed by atoms with van der Waals surface area (Å²) in [7, 11) is -3.25. The van der Waals surface area contributed by atoms with E-state index in [1.54, 1.807) is 5.32 Å². The van der Waals surface area contributed by atoms with Crippen molar-refractivity contribution in [1.29, 1.82) is 0 Å². The maximum Gasteiger partial charge on any atom is 0.475 e. The Labute approximate surface area is 145 Å². The van der Waals surface area contributed by atoms with Crippen molar-refractivity contribution in [2.75, 3.05) is 10.6 Å². The van der Waals surface area contributed by atoms with Crippen LogP contribution in [0, 0.1) is 0 Å². The van der Waals surface area contributed by atoms with Gasteiger partial charge in [0, 0.05) is 11.4 Å². The summed E-state index contributed by atoms with van der Waals surface area (Å²) >= 11 is 0. The summed E-state index contributed by atoms with van der Waals surface area (Å²) in [6.07, 6.45) is -5.04. The van der Waals surface area contributed by atoms with E-state index >= 15 is 0 Å². The fourth-order valence-electron chi connectivity index (χ4n) is 1.85. The number of benzene rings is 2. The van der Waals surface area contributed by atoms with Crippen molar-refractivity contribution in [3.63, 3.8) is 0 Å². The Morgan fingerprint density at radius 1 is 0.846 bits per heavy atom. The number of alkyl halides is 6. The minimum atomic E-state index is -5.04. The van der Waals surface area contributed by atoms with Gasteiger partial charge in [-0.25, -0.2) is 4.21 Å². The molecule has 0 aliphatic carbocycles. The van der Waals surface area contributed by atoms with Crippen molar-refractivity contribution in [3.05, 3.63) is 48.5 Å². The minimum absolute atomic E-state index is 0.0739. The summed E-state index contributed by atoms with van der Waals surface area (Å²) < 4.78 is 86.1. The highest BCUT2D eigenvalue weighted by Gasteiger charge is 2.39. The Bertz CT molecular complexity index is 818. The molecule has 1 unspecified atom stereocenters. The number of rotatable bonds is 4. The Balaban J connectivity index is 2.18. The Morgan fingerprint density at radius 3 is 1.92 bits per heavy atom. The lowest BCUT2D eigenvalue weighted by atomic mass is 10.2. The number of hydrogen-bond acceptors (Lipinski definition) is 3. The highest BCUT2D eigenvalue weighted by molar-refractivity contribution is 7.86. The van der Waals surface area contributed by atoms with Crippen LogP contribution in [0.5, 0.6) is 0 Å². The number of anilines is 3. The van der Waals surface area contributed by atoms with Crippen molar-refractivity contribution in [2.45, 2.75) is 16.6 Å². The molecule has 2 N–H and O–H groups in total. The summed E-state index contributed by atoms with van der Waals surface area (Å²) in [5.74, 6) is -2.15. The molecule has 0 radical (unpaired) electrons. The maximum absolute atomic E-state index is 12.7. The molecule has 26 heavy (non-hydrogen) atoms. The predicted molar refractivity (Wildman–Crippen MR) is 83.3 cm³/mol. The molecule has 1 amide bonds. The van der Waals surface area contributed by atoms with Crippen molar-refractivity contribution >= 4 is 33.8 Å². The zero-order valence-corrected chi connectivity index (χ0v) is 13.4. The molecule has 11 heteroatoms. The van der Waals surface area contributed by atoms with E-state index in [4.69, 9.17) is 0 Å². The van der Waals surface area contributed by atoms with E-state index in [1.165, 1.54) is 30.3 Å². The second kappa shape index (κ2) is 7.36. The van der Waals surface area contributed by atoms with Gasteiger partial charge in [0.1, 0.15) is 0 Å². The van der Waals surface area contributed by atoms with E-state index in [1.807, 2.05) is 0 Å². The van der Waals surface area contributed by atoms with Gasteiger partial charge >= 0.3 is 17.6 Å². The third-order valence-corrected chi connectivity index (χ3v) is 4.15. The van der Waals surface area contributed by atoms with Crippen LogP contribution in [0.25, 0.3) is 0 Å². The van der Waals surface area contributed by atoms with Gasteiger partial charge in [-0.3, -0.25) is 4.79 Å². The molecule has 2 aromatic carbocycles. The van der Waals surface area contributed by atoms with Crippen LogP contribution in [-0.2, 0) is 15.6 Å². The SMILES string of the molecule is O=C(Nc1ccc(Nc2ccccc2S(=O)C(F)(F)F)cc1)C(F)(F)F. The molecule has 0 aromatic heterocycles. The smallest absolute Gasteiger partial charge is 0.355 e. The number of hydrogen-bond donors (Lipinski definition) is 2. The normalized spacial score (nSPS) is 13.2. The van der Waals surface area contributed by atoms with Crippen LogP contribution >= 0.6 is 0 Å². The van der Waals surface area contributed by atoms with Gasteiger partial charge in [-0.1, -0.05) is 12.1 Å². The largest absolute Gasteiger partial charge is 0.475 e. The van der Waals surface area contributed by atoms with Gasteiger partial charge < -0.3 is 10.6 Å². The van der Waals surface area contributed by atoms with E-state index in [0.29, 0.717) is 0 Å². The second-order valence-electron chi connectivity index (χ2n) is 4.86. The first-order valence-electron chi connectivity index (χ1n) is 6.81. The molecule has 2 aromatic rings. The van der Waals surface area contributed by atoms with Crippen LogP contribution in [0.1, 0.15) is 0 Å². The third kappa shape index (κ3) is 4.97. The fourth-order valence-corrected chi connectivity index (χ4v) is 2.62. The zero-order chi connectivity index (χ0) is 19.5. The number of para-hydroxylation sites is 1. The summed E-state index contributed by atoms with van der Waals surface area (Å²) in [5.41, 5.74) is -4.94. The molecule has 140 valence electrons. The van der Waals surface area contributed by atoms with Crippen molar-refractivity contribution in [2.24, 2.45) is 0 Å². The predicted octanol–water partition coefficient (Wildman–Crippen LogP) is 4.56. The summed E-state index contributed by atoms with van der Waals surface area (Å²) in [6.45, 7) is 0. The molecule has 0 saturated heterocycles. The minimum Gasteiger partial charge on any atom is -0.355 e. The third-order valence-electron chi connectivity index (χ3n) is 2.98. The molecule has 0 bridgehead atoms. The van der Waals surface area contributed by atoms with E-state index in [2.05, 4.69) is 5.32 Å². The van der Waals surface area contributed by atoms with Crippen molar-refractivity contribution in [3.8, 4) is 0 Å². The van der Waals surface area contributed by atoms with Crippen LogP contribution in [0.3, 0.4) is 0 Å². The molecule has 0 aliphatic heterocycles. The average Bonchev–Trinajstić information content (AvgIpc) is 2.55. The molecule has 0 aliphatic rings. The highest BCUT2D eigenvalue weighted by atomic mass is 32.2. The molecule has 0 saturated carbocycles. The first-order chi connectivity index (χ1) is 12.0. The van der Waals surface area contributed by atoms with Gasteiger partial charge in [0.05, 0.1) is 10.6 Å². The van der Waals surface area contributed by atoms with E-state index in [9.17, 15) is 35.3 Å². The highest BCUT2D eigenvalue weighted by Crippen LogP contribution is 2.32. The van der Waals surface area contributed by atoms with Gasteiger partial charge in [0.15, 0.2) is 10.8 Å². The molecular weight excluding hydrogens is 386 g/mol. The van der Waals surface area contributed by atoms with E-state index < -0.39 is 33.3 Å². The topological polar surface area (TPSA) is 58.2 Å². The lowest BCUT2D eigenvalue weighted by molar-refractivity contribution is -0.167. The number of nitrogens with one attached hydrogen (secondary N) is 2. The lowest BCUT2D eigenvalue weighted by Crippen LogP contribution is -2.29. The van der Waals surface area contributed by atoms with Gasteiger partial charge in [0.2, 0.25) is 0 Å². The van der Waals surface area contributed by atoms with Crippen LogP contribution < -0.4 is 10.6 Å². The van der Waals surface area contributed by atoms with Gasteiger partial charge in [0.25, 0.3) is 0 Å². The number of halogens is 6. The zero-order valence-electron chi connectivity index (χ0n) is 12.6. The van der Waals surface area contributed by atoms with Crippen LogP contribution in [0.4, 0.5) is 43.4 Å². The number of carbonyl (C=O) groups is 1.